The molecule has 7 nitrogen and oxygen atoms in total. The monoisotopic (exact) mass is 429 g/mol. The molecule has 0 aromatic carbocycles. The van der Waals surface area contributed by atoms with Crippen molar-refractivity contribution in [2.24, 2.45) is 4.99 Å². The van der Waals surface area contributed by atoms with Crippen LogP contribution in [0.25, 0.3) is 0 Å². The number of guanidine groups is 1. The zero-order chi connectivity index (χ0) is 20.4. The highest BCUT2D eigenvalue weighted by Crippen LogP contribution is 2.24. The molecule has 0 bridgehead atoms. The number of hydrogen-bond donors (Lipinski definition) is 2. The van der Waals surface area contributed by atoms with Gasteiger partial charge >= 0.3 is 0 Å². The molecular weight excluding hydrogens is 394 g/mol. The van der Waals surface area contributed by atoms with Crippen molar-refractivity contribution in [3.05, 3.63) is 17.0 Å². The molecule has 2 heterocycles. The second-order valence-corrected chi connectivity index (χ2v) is 10.8. The van der Waals surface area contributed by atoms with E-state index in [1.165, 1.54) is 54.4 Å². The van der Waals surface area contributed by atoms with Crippen LogP contribution in [0.2, 0.25) is 0 Å². The van der Waals surface area contributed by atoms with Crippen molar-refractivity contribution in [2.75, 3.05) is 46.8 Å². The summed E-state index contributed by atoms with van der Waals surface area (Å²) in [6.07, 6.45) is 6.47. The van der Waals surface area contributed by atoms with Crippen LogP contribution in [-0.4, -0.2) is 70.4 Å². The summed E-state index contributed by atoms with van der Waals surface area (Å²) in [7, 11) is -0.274. The summed E-state index contributed by atoms with van der Waals surface area (Å²) < 4.78 is 26.0. The molecular formula is C19H35N5O2S2. The fourth-order valence-electron chi connectivity index (χ4n) is 3.13. The van der Waals surface area contributed by atoms with E-state index in [4.69, 9.17) is 0 Å². The topological polar surface area (TPSA) is 77.0 Å². The van der Waals surface area contributed by atoms with Gasteiger partial charge < -0.3 is 15.5 Å². The van der Waals surface area contributed by atoms with E-state index in [0.717, 1.165) is 36.9 Å². The summed E-state index contributed by atoms with van der Waals surface area (Å²) in [4.78, 5) is 8.11. The van der Waals surface area contributed by atoms with Gasteiger partial charge in [-0.15, -0.1) is 11.3 Å². The Bertz CT molecular complexity index is 708. The minimum absolute atomic E-state index is 0.359. The molecule has 0 radical (unpaired) electrons. The quantitative estimate of drug-likeness (QED) is 0.358. The molecule has 160 valence electrons. The molecule has 1 aromatic heterocycles. The largest absolute Gasteiger partial charge is 0.357 e. The average molecular weight is 430 g/mol. The molecule has 1 aliphatic heterocycles. The summed E-state index contributed by atoms with van der Waals surface area (Å²) in [5.41, 5.74) is 0. The van der Waals surface area contributed by atoms with E-state index in [-0.39, 0.29) is 0 Å². The highest BCUT2D eigenvalue weighted by atomic mass is 32.2. The third-order valence-corrected chi connectivity index (χ3v) is 8.10. The number of nitrogens with one attached hydrogen (secondary N) is 2. The van der Waals surface area contributed by atoms with Crippen molar-refractivity contribution < 1.29 is 8.42 Å². The number of nitrogens with zero attached hydrogens (tertiary/aromatic N) is 3. The molecule has 0 unspecified atom stereocenters. The van der Waals surface area contributed by atoms with Crippen LogP contribution in [0.5, 0.6) is 0 Å². The van der Waals surface area contributed by atoms with E-state index in [2.05, 4.69) is 20.5 Å². The summed E-state index contributed by atoms with van der Waals surface area (Å²) in [5, 5.41) is 6.65. The second-order valence-electron chi connectivity index (χ2n) is 7.24. The standard InChI is InChI=1S/C19H35N5O2S2/c1-4-20-19(21-12-9-15-24-13-7-5-6-8-14-24)22-16-17-10-11-18(27-17)28(25,26)23(2)3/h10-11H,4-9,12-16H2,1-3H3,(H2,20,21,22). The molecule has 9 heteroatoms. The van der Waals surface area contributed by atoms with Crippen molar-refractivity contribution >= 4 is 27.3 Å². The van der Waals surface area contributed by atoms with E-state index in [9.17, 15) is 8.42 Å². The first-order chi connectivity index (χ1) is 13.4. The number of thiophene rings is 1. The fourth-order valence-corrected chi connectivity index (χ4v) is 5.58. The fraction of sp³-hybridized carbons (Fsp3) is 0.737. The maximum Gasteiger partial charge on any atom is 0.252 e. The van der Waals surface area contributed by atoms with Crippen LogP contribution in [0.15, 0.2) is 21.3 Å². The van der Waals surface area contributed by atoms with Crippen LogP contribution in [0, 0.1) is 0 Å². The zero-order valence-electron chi connectivity index (χ0n) is 17.4. The van der Waals surface area contributed by atoms with Crippen LogP contribution in [0.4, 0.5) is 0 Å². The minimum Gasteiger partial charge on any atom is -0.357 e. The zero-order valence-corrected chi connectivity index (χ0v) is 19.0. The van der Waals surface area contributed by atoms with Crippen LogP contribution in [0.3, 0.4) is 0 Å². The first-order valence-corrected chi connectivity index (χ1v) is 12.4. The van der Waals surface area contributed by atoms with E-state index in [0.29, 0.717) is 10.8 Å². The molecule has 2 N–H and O–H groups in total. The lowest BCUT2D eigenvalue weighted by Gasteiger charge is -2.20. The Hall–Kier alpha value is -1.16. The molecule has 28 heavy (non-hydrogen) atoms. The van der Waals surface area contributed by atoms with Gasteiger partial charge in [-0.1, -0.05) is 12.8 Å². The Balaban J connectivity index is 1.82. The van der Waals surface area contributed by atoms with Gasteiger partial charge in [-0.3, -0.25) is 0 Å². The van der Waals surface area contributed by atoms with Gasteiger partial charge in [0.25, 0.3) is 10.0 Å². The Morgan fingerprint density at radius 1 is 1.18 bits per heavy atom. The Kier molecular flexibility index (Phi) is 9.70. The molecule has 2 rings (SSSR count). The minimum atomic E-state index is -3.37. The highest BCUT2D eigenvalue weighted by Gasteiger charge is 2.19. The molecule has 0 spiro atoms. The highest BCUT2D eigenvalue weighted by molar-refractivity contribution is 7.91. The van der Waals surface area contributed by atoms with Crippen LogP contribution in [-0.2, 0) is 16.6 Å². The Morgan fingerprint density at radius 3 is 2.54 bits per heavy atom. The summed E-state index contributed by atoms with van der Waals surface area (Å²) in [6, 6.07) is 3.50. The molecule has 1 aromatic rings. The van der Waals surface area contributed by atoms with Crippen LogP contribution >= 0.6 is 11.3 Å². The summed E-state index contributed by atoms with van der Waals surface area (Å²) in [6.45, 7) is 7.77. The van der Waals surface area contributed by atoms with Gasteiger partial charge in [0.2, 0.25) is 0 Å². The molecule has 0 amide bonds. The first kappa shape index (κ1) is 23.1. The van der Waals surface area contributed by atoms with E-state index < -0.39 is 10.0 Å². The number of likely N-dealkylation sites (tertiary alicyclic amines) is 1. The van der Waals surface area contributed by atoms with Crippen LogP contribution < -0.4 is 10.6 Å². The molecule has 0 saturated carbocycles. The van der Waals surface area contributed by atoms with Crippen molar-refractivity contribution in [2.45, 2.75) is 49.8 Å². The lowest BCUT2D eigenvalue weighted by atomic mass is 10.2. The van der Waals surface area contributed by atoms with Gasteiger partial charge in [-0.05, 0) is 58.0 Å². The van der Waals surface area contributed by atoms with Crippen molar-refractivity contribution in [3.8, 4) is 0 Å². The maximum atomic E-state index is 12.2. The van der Waals surface area contributed by atoms with Gasteiger partial charge in [0.15, 0.2) is 5.96 Å². The van der Waals surface area contributed by atoms with Gasteiger partial charge in [0.05, 0.1) is 6.54 Å². The Morgan fingerprint density at radius 2 is 1.89 bits per heavy atom. The number of sulfonamides is 1. The third-order valence-electron chi connectivity index (χ3n) is 4.75. The Labute approximate surface area is 174 Å². The molecule has 0 atom stereocenters. The molecule has 1 fully saturated rings. The van der Waals surface area contributed by atoms with E-state index in [1.54, 1.807) is 20.2 Å². The normalized spacial score (nSPS) is 16.9. The van der Waals surface area contributed by atoms with Gasteiger partial charge in [-0.2, -0.15) is 0 Å². The lowest BCUT2D eigenvalue weighted by Crippen LogP contribution is -2.38. The number of hydrogen-bond acceptors (Lipinski definition) is 5. The van der Waals surface area contributed by atoms with Gasteiger partial charge in [0.1, 0.15) is 4.21 Å². The van der Waals surface area contributed by atoms with Crippen molar-refractivity contribution in [1.82, 2.24) is 19.8 Å². The van der Waals surface area contributed by atoms with E-state index >= 15 is 0 Å². The smallest absolute Gasteiger partial charge is 0.252 e. The molecule has 1 saturated heterocycles. The third kappa shape index (κ3) is 7.35. The number of aliphatic imine (C=N–C) groups is 1. The SMILES string of the molecule is CCNC(=NCc1ccc(S(=O)(=O)N(C)C)s1)NCCCN1CCCCCC1. The molecule has 1 aliphatic rings. The number of rotatable bonds is 9. The van der Waals surface area contributed by atoms with Gasteiger partial charge in [0, 0.05) is 32.1 Å². The predicted octanol–water partition coefficient (Wildman–Crippen LogP) is 2.32. The van der Waals surface area contributed by atoms with E-state index in [1.807, 2.05) is 13.0 Å². The molecule has 0 aliphatic carbocycles. The van der Waals surface area contributed by atoms with Crippen molar-refractivity contribution in [3.63, 3.8) is 0 Å². The second kappa shape index (κ2) is 11.7. The summed E-state index contributed by atoms with van der Waals surface area (Å²) in [5.74, 6) is 0.781. The lowest BCUT2D eigenvalue weighted by molar-refractivity contribution is 0.282. The first-order valence-electron chi connectivity index (χ1n) is 10.2. The maximum absolute atomic E-state index is 12.2. The van der Waals surface area contributed by atoms with Gasteiger partial charge in [-0.25, -0.2) is 17.7 Å². The van der Waals surface area contributed by atoms with Crippen molar-refractivity contribution in [1.29, 1.82) is 0 Å². The summed E-state index contributed by atoms with van der Waals surface area (Å²) >= 11 is 1.28. The average Bonchev–Trinajstić information content (AvgIpc) is 3.00. The van der Waals surface area contributed by atoms with Crippen LogP contribution in [0.1, 0.15) is 43.9 Å². The predicted molar refractivity (Wildman–Crippen MR) is 118 cm³/mol.